The molecule has 2 aromatic carbocycles. The van der Waals surface area contributed by atoms with Gasteiger partial charge in [0.05, 0.1) is 6.04 Å². The van der Waals surface area contributed by atoms with Crippen LogP contribution >= 0.6 is 27.3 Å². The minimum Gasteiger partial charge on any atom is -0.312 e. The van der Waals surface area contributed by atoms with Crippen molar-refractivity contribution in [1.29, 1.82) is 0 Å². The van der Waals surface area contributed by atoms with Gasteiger partial charge in [0.15, 0.2) is 0 Å². The van der Waals surface area contributed by atoms with E-state index in [0.717, 1.165) is 35.1 Å². The Kier molecular flexibility index (Phi) is 5.79. The van der Waals surface area contributed by atoms with Crippen LogP contribution in [0.4, 0.5) is 10.5 Å². The van der Waals surface area contributed by atoms with Crippen molar-refractivity contribution in [2.75, 3.05) is 11.9 Å². The van der Waals surface area contributed by atoms with Gasteiger partial charge in [0, 0.05) is 26.5 Å². The molecular formula is C24H25BrN2OS. The number of carbonyl (C=O) groups is 1. The predicted octanol–water partition coefficient (Wildman–Crippen LogP) is 6.87. The summed E-state index contributed by atoms with van der Waals surface area (Å²) in [4.78, 5) is 18.0. The smallest absolute Gasteiger partial charge is 0.312 e. The number of nitrogens with one attached hydrogen (secondary N) is 1. The Morgan fingerprint density at radius 3 is 2.66 bits per heavy atom. The zero-order chi connectivity index (χ0) is 20.5. The molecule has 1 aliphatic heterocycles. The van der Waals surface area contributed by atoms with Crippen molar-refractivity contribution in [1.82, 2.24) is 4.90 Å². The van der Waals surface area contributed by atoms with Crippen LogP contribution in [-0.2, 0) is 12.8 Å². The first-order valence-electron chi connectivity index (χ1n) is 9.99. The van der Waals surface area contributed by atoms with E-state index in [-0.39, 0.29) is 12.1 Å². The molecule has 3 aromatic rings. The zero-order valence-corrected chi connectivity index (χ0v) is 19.4. The molecule has 2 heterocycles. The van der Waals surface area contributed by atoms with E-state index in [4.69, 9.17) is 0 Å². The van der Waals surface area contributed by atoms with Crippen LogP contribution in [0.15, 0.2) is 53.0 Å². The summed E-state index contributed by atoms with van der Waals surface area (Å²) in [5.74, 6) is 0. The fraction of sp³-hybridized carbons (Fsp3) is 0.292. The van der Waals surface area contributed by atoms with E-state index in [2.05, 4.69) is 59.4 Å². The Labute approximate surface area is 184 Å². The molecule has 0 saturated heterocycles. The van der Waals surface area contributed by atoms with Crippen LogP contribution in [0.2, 0.25) is 0 Å². The Hall–Kier alpha value is -2.11. The van der Waals surface area contributed by atoms with Crippen molar-refractivity contribution < 1.29 is 4.79 Å². The van der Waals surface area contributed by atoms with Crippen molar-refractivity contribution in [3.63, 3.8) is 0 Å². The topological polar surface area (TPSA) is 32.3 Å². The van der Waals surface area contributed by atoms with Crippen molar-refractivity contribution in [3.8, 4) is 0 Å². The predicted molar refractivity (Wildman–Crippen MR) is 125 cm³/mol. The molecule has 0 radical (unpaired) electrons. The number of urea groups is 1. The number of carbonyl (C=O) groups excluding carboxylic acids is 1. The molecule has 0 fully saturated rings. The van der Waals surface area contributed by atoms with Crippen LogP contribution in [-0.4, -0.2) is 17.5 Å². The summed E-state index contributed by atoms with van der Waals surface area (Å²) in [5, 5.41) is 3.12. The molecule has 3 nitrogen and oxygen atoms in total. The lowest BCUT2D eigenvalue weighted by molar-refractivity contribution is 0.195. The van der Waals surface area contributed by atoms with Crippen LogP contribution in [0.1, 0.15) is 45.0 Å². The molecule has 29 heavy (non-hydrogen) atoms. The van der Waals surface area contributed by atoms with Gasteiger partial charge < -0.3 is 10.2 Å². The van der Waals surface area contributed by atoms with E-state index in [1.165, 1.54) is 26.4 Å². The van der Waals surface area contributed by atoms with E-state index < -0.39 is 0 Å². The molecule has 2 amide bonds. The van der Waals surface area contributed by atoms with E-state index >= 15 is 0 Å². The van der Waals surface area contributed by atoms with Crippen molar-refractivity contribution >= 4 is 39.0 Å². The van der Waals surface area contributed by atoms with Gasteiger partial charge in [-0.15, -0.1) is 11.3 Å². The van der Waals surface area contributed by atoms with Crippen LogP contribution in [0.5, 0.6) is 0 Å². The Balaban J connectivity index is 1.71. The minimum atomic E-state index is -0.0460. The van der Waals surface area contributed by atoms with Gasteiger partial charge >= 0.3 is 6.03 Å². The van der Waals surface area contributed by atoms with Gasteiger partial charge in [-0.2, -0.15) is 0 Å². The number of benzene rings is 2. The highest BCUT2D eigenvalue weighted by molar-refractivity contribution is 9.10. The van der Waals surface area contributed by atoms with Gasteiger partial charge in [0.2, 0.25) is 0 Å². The SMILES string of the molecule is CCc1c(C)sc2c1CCN(C(=O)Nc1ccc(Br)c(C)c1)[C@@H]2c1ccccc1. The van der Waals surface area contributed by atoms with E-state index in [1.54, 1.807) is 0 Å². The van der Waals surface area contributed by atoms with Gasteiger partial charge in [0.1, 0.15) is 0 Å². The summed E-state index contributed by atoms with van der Waals surface area (Å²) in [7, 11) is 0. The summed E-state index contributed by atoms with van der Waals surface area (Å²) < 4.78 is 1.04. The molecule has 1 aliphatic rings. The Bertz CT molecular complexity index is 1040. The van der Waals surface area contributed by atoms with Crippen LogP contribution in [0.25, 0.3) is 0 Å². The molecule has 5 heteroatoms. The van der Waals surface area contributed by atoms with Crippen molar-refractivity contribution in [2.24, 2.45) is 0 Å². The summed E-state index contributed by atoms with van der Waals surface area (Å²) in [6.07, 6.45) is 1.96. The maximum atomic E-state index is 13.3. The van der Waals surface area contributed by atoms with E-state index in [1.807, 2.05) is 47.4 Å². The number of fused-ring (bicyclic) bond motifs is 1. The summed E-state index contributed by atoms with van der Waals surface area (Å²) >= 11 is 5.37. The molecule has 0 saturated carbocycles. The fourth-order valence-corrected chi connectivity index (χ4v) is 5.90. The standard InChI is InChI=1S/C24H25BrN2OS/c1-4-19-16(3)29-23-20(19)12-13-27(22(23)17-8-6-5-7-9-17)24(28)26-18-10-11-21(25)15(2)14-18/h5-11,14,22H,4,12-13H2,1-3H3,(H,26,28)/t22-/m1/s1. The second kappa shape index (κ2) is 8.33. The van der Waals surface area contributed by atoms with Crippen molar-refractivity contribution in [3.05, 3.63) is 85.0 Å². The molecule has 0 bridgehead atoms. The zero-order valence-electron chi connectivity index (χ0n) is 17.0. The third kappa shape index (κ3) is 3.86. The second-order valence-electron chi connectivity index (χ2n) is 7.48. The maximum Gasteiger partial charge on any atom is 0.322 e. The molecule has 0 aliphatic carbocycles. The Morgan fingerprint density at radius 1 is 1.21 bits per heavy atom. The first-order chi connectivity index (χ1) is 14.0. The number of rotatable bonds is 3. The van der Waals surface area contributed by atoms with Gasteiger partial charge in [-0.3, -0.25) is 0 Å². The molecular weight excluding hydrogens is 444 g/mol. The summed E-state index contributed by atoms with van der Waals surface area (Å²) in [6.45, 7) is 7.18. The minimum absolute atomic E-state index is 0.0412. The number of aryl methyl sites for hydroxylation is 2. The monoisotopic (exact) mass is 468 g/mol. The highest BCUT2D eigenvalue weighted by Crippen LogP contribution is 2.43. The highest BCUT2D eigenvalue weighted by Gasteiger charge is 2.35. The highest BCUT2D eigenvalue weighted by atomic mass is 79.9. The average molecular weight is 469 g/mol. The number of hydrogen-bond acceptors (Lipinski definition) is 2. The van der Waals surface area contributed by atoms with E-state index in [0.29, 0.717) is 0 Å². The first kappa shape index (κ1) is 20.2. The first-order valence-corrected chi connectivity index (χ1v) is 11.6. The third-order valence-electron chi connectivity index (χ3n) is 5.65. The fourth-order valence-electron chi connectivity index (χ4n) is 4.21. The molecule has 4 rings (SSSR count). The number of anilines is 1. The van der Waals surface area contributed by atoms with Gasteiger partial charge in [-0.25, -0.2) is 4.79 Å². The lowest BCUT2D eigenvalue weighted by atomic mass is 9.92. The molecule has 0 spiro atoms. The van der Waals surface area contributed by atoms with Crippen LogP contribution in [0.3, 0.4) is 0 Å². The maximum absolute atomic E-state index is 13.3. The number of halogens is 1. The lowest BCUT2D eigenvalue weighted by Gasteiger charge is -2.36. The normalized spacial score (nSPS) is 15.9. The molecule has 1 N–H and O–H groups in total. The third-order valence-corrected chi connectivity index (χ3v) is 7.78. The summed E-state index contributed by atoms with van der Waals surface area (Å²) in [5.41, 5.74) is 6.01. The quantitative estimate of drug-likeness (QED) is 0.446. The summed E-state index contributed by atoms with van der Waals surface area (Å²) in [6, 6.07) is 16.2. The molecule has 1 aromatic heterocycles. The molecule has 1 atom stereocenters. The lowest BCUT2D eigenvalue weighted by Crippen LogP contribution is -2.42. The number of amides is 2. The average Bonchev–Trinajstić information content (AvgIpc) is 3.05. The van der Waals surface area contributed by atoms with Crippen LogP contribution in [0, 0.1) is 13.8 Å². The van der Waals surface area contributed by atoms with Gasteiger partial charge in [0.25, 0.3) is 0 Å². The van der Waals surface area contributed by atoms with Gasteiger partial charge in [-0.05, 0) is 67.1 Å². The largest absolute Gasteiger partial charge is 0.322 e. The molecule has 150 valence electrons. The molecule has 0 unspecified atom stereocenters. The Morgan fingerprint density at radius 2 is 1.97 bits per heavy atom. The number of thiophene rings is 1. The van der Waals surface area contributed by atoms with Crippen LogP contribution < -0.4 is 5.32 Å². The van der Waals surface area contributed by atoms with E-state index in [9.17, 15) is 4.79 Å². The number of hydrogen-bond donors (Lipinski definition) is 1. The number of nitrogens with zero attached hydrogens (tertiary/aromatic N) is 1. The van der Waals surface area contributed by atoms with Gasteiger partial charge in [-0.1, -0.05) is 53.2 Å². The second-order valence-corrected chi connectivity index (χ2v) is 9.59. The van der Waals surface area contributed by atoms with Crippen molar-refractivity contribution in [2.45, 2.75) is 39.7 Å².